The van der Waals surface area contributed by atoms with E-state index in [1.54, 1.807) is 36.4 Å². The number of fused-ring (bicyclic) bond motifs is 3. The van der Waals surface area contributed by atoms with Crippen LogP contribution in [0.25, 0.3) is 11.1 Å². The van der Waals surface area contributed by atoms with Crippen molar-refractivity contribution in [3.05, 3.63) is 94.5 Å². The lowest BCUT2D eigenvalue weighted by Crippen LogP contribution is -2.42. The molecule has 0 spiro atoms. The molecule has 0 saturated heterocycles. The van der Waals surface area contributed by atoms with Crippen molar-refractivity contribution >= 4 is 23.7 Å². The van der Waals surface area contributed by atoms with Gasteiger partial charge in [0.25, 0.3) is 5.91 Å². The fourth-order valence-electron chi connectivity index (χ4n) is 3.28. The first-order valence-electron chi connectivity index (χ1n) is 8.12. The van der Waals surface area contributed by atoms with Crippen molar-refractivity contribution in [2.45, 2.75) is 5.60 Å². The molecular formula is C21H15ClN2O2. The summed E-state index contributed by atoms with van der Waals surface area (Å²) in [5.41, 5.74) is 4.11. The number of hydrogen-bond donors (Lipinski definition) is 2. The second-order valence-electron chi connectivity index (χ2n) is 6.02. The molecule has 0 radical (unpaired) electrons. The number of carbonyl (C=O) groups is 1. The zero-order valence-electron chi connectivity index (χ0n) is 13.7. The molecule has 4 rings (SSSR count). The van der Waals surface area contributed by atoms with Crippen molar-refractivity contribution in [1.29, 1.82) is 0 Å². The van der Waals surface area contributed by atoms with Crippen molar-refractivity contribution in [3.63, 3.8) is 0 Å². The second kappa shape index (κ2) is 6.41. The molecule has 128 valence electrons. The van der Waals surface area contributed by atoms with E-state index in [1.807, 2.05) is 36.4 Å². The summed E-state index contributed by atoms with van der Waals surface area (Å²) in [6, 6.07) is 21.8. The number of benzene rings is 3. The summed E-state index contributed by atoms with van der Waals surface area (Å²) in [5.74, 6) is -0.613. The third-order valence-corrected chi connectivity index (χ3v) is 4.87. The molecule has 4 nitrogen and oxygen atoms in total. The summed E-state index contributed by atoms with van der Waals surface area (Å²) in [5, 5.41) is 15.8. The van der Waals surface area contributed by atoms with Gasteiger partial charge in [0.1, 0.15) is 0 Å². The molecule has 0 aromatic heterocycles. The molecule has 0 fully saturated rings. The van der Waals surface area contributed by atoms with E-state index in [0.717, 1.165) is 11.1 Å². The van der Waals surface area contributed by atoms with E-state index in [9.17, 15) is 9.90 Å². The van der Waals surface area contributed by atoms with Gasteiger partial charge < -0.3 is 5.11 Å². The monoisotopic (exact) mass is 362 g/mol. The molecule has 0 atom stereocenters. The maximum absolute atomic E-state index is 12.9. The number of amides is 1. The molecule has 2 N–H and O–H groups in total. The topological polar surface area (TPSA) is 61.7 Å². The molecule has 1 aliphatic carbocycles. The van der Waals surface area contributed by atoms with Gasteiger partial charge in [0.05, 0.1) is 6.21 Å². The van der Waals surface area contributed by atoms with Gasteiger partial charge in [-0.25, -0.2) is 5.43 Å². The van der Waals surface area contributed by atoms with Gasteiger partial charge in [-0.15, -0.1) is 0 Å². The summed E-state index contributed by atoms with van der Waals surface area (Å²) < 4.78 is 0. The molecular weight excluding hydrogens is 348 g/mol. The average molecular weight is 363 g/mol. The lowest BCUT2D eigenvalue weighted by molar-refractivity contribution is -0.136. The van der Waals surface area contributed by atoms with Gasteiger partial charge in [-0.2, -0.15) is 5.10 Å². The van der Waals surface area contributed by atoms with Crippen LogP contribution in [0.1, 0.15) is 16.7 Å². The highest BCUT2D eigenvalue weighted by atomic mass is 35.5. The second-order valence-corrected chi connectivity index (χ2v) is 6.43. The van der Waals surface area contributed by atoms with E-state index in [4.69, 9.17) is 11.6 Å². The van der Waals surface area contributed by atoms with Crippen LogP contribution in [-0.4, -0.2) is 17.2 Å². The van der Waals surface area contributed by atoms with Crippen molar-refractivity contribution in [1.82, 2.24) is 5.43 Å². The Hall–Kier alpha value is -2.95. The standard InChI is InChI=1S/C21H15ClN2O2/c22-19-12-6-1-7-14(19)13-23-24-20(25)21(26)17-10-4-2-8-15(17)16-9-3-5-11-18(16)21/h1-13,26H,(H,24,25). The summed E-state index contributed by atoms with van der Waals surface area (Å²) in [4.78, 5) is 12.9. The van der Waals surface area contributed by atoms with Crippen LogP contribution in [0.2, 0.25) is 5.02 Å². The molecule has 1 amide bonds. The van der Waals surface area contributed by atoms with Gasteiger partial charge in [0, 0.05) is 21.7 Å². The number of nitrogens with one attached hydrogen (secondary N) is 1. The Kier molecular flexibility index (Phi) is 4.07. The minimum atomic E-state index is -1.79. The molecule has 3 aromatic carbocycles. The summed E-state index contributed by atoms with van der Waals surface area (Å²) in [6.07, 6.45) is 1.45. The number of nitrogens with zero attached hydrogens (tertiary/aromatic N) is 1. The highest BCUT2D eigenvalue weighted by Gasteiger charge is 2.47. The summed E-state index contributed by atoms with van der Waals surface area (Å²) in [7, 11) is 0. The summed E-state index contributed by atoms with van der Waals surface area (Å²) >= 11 is 6.07. The maximum Gasteiger partial charge on any atom is 0.281 e. The fourth-order valence-corrected chi connectivity index (χ4v) is 3.46. The van der Waals surface area contributed by atoms with Crippen LogP contribution in [0, 0.1) is 0 Å². The lowest BCUT2D eigenvalue weighted by Gasteiger charge is -2.23. The fraction of sp³-hybridized carbons (Fsp3) is 0.0476. The molecule has 0 heterocycles. The largest absolute Gasteiger partial charge is 0.372 e. The predicted octanol–water partition coefficient (Wildman–Crippen LogP) is 3.71. The molecule has 26 heavy (non-hydrogen) atoms. The highest BCUT2D eigenvalue weighted by Crippen LogP contribution is 2.47. The van der Waals surface area contributed by atoms with Gasteiger partial charge >= 0.3 is 0 Å². The Bertz CT molecular complexity index is 984. The number of carbonyl (C=O) groups excluding carboxylic acids is 1. The minimum Gasteiger partial charge on any atom is -0.372 e. The Morgan fingerprint density at radius 2 is 1.46 bits per heavy atom. The van der Waals surface area contributed by atoms with Crippen LogP contribution in [0.5, 0.6) is 0 Å². The first-order chi connectivity index (χ1) is 12.6. The normalized spacial score (nSPS) is 14.1. The van der Waals surface area contributed by atoms with E-state index < -0.39 is 11.5 Å². The van der Waals surface area contributed by atoms with E-state index in [-0.39, 0.29) is 0 Å². The van der Waals surface area contributed by atoms with Crippen LogP contribution in [0.4, 0.5) is 0 Å². The van der Waals surface area contributed by atoms with E-state index in [1.165, 1.54) is 6.21 Å². The van der Waals surface area contributed by atoms with Crippen LogP contribution < -0.4 is 5.43 Å². The number of aliphatic hydroxyl groups is 1. The Labute approximate surface area is 155 Å². The SMILES string of the molecule is O=C(NN=Cc1ccccc1Cl)C1(O)c2ccccc2-c2ccccc21. The van der Waals surface area contributed by atoms with Gasteiger partial charge in [0.15, 0.2) is 5.60 Å². The third-order valence-electron chi connectivity index (χ3n) is 4.53. The van der Waals surface area contributed by atoms with Crippen LogP contribution in [0.3, 0.4) is 0 Å². The van der Waals surface area contributed by atoms with E-state index >= 15 is 0 Å². The van der Waals surface area contributed by atoms with E-state index in [2.05, 4.69) is 10.5 Å². The smallest absolute Gasteiger partial charge is 0.281 e. The zero-order valence-corrected chi connectivity index (χ0v) is 14.4. The number of hydrazone groups is 1. The molecule has 0 saturated carbocycles. The molecule has 0 bridgehead atoms. The first kappa shape index (κ1) is 16.5. The van der Waals surface area contributed by atoms with Crippen molar-refractivity contribution in [2.24, 2.45) is 5.10 Å². The third kappa shape index (κ3) is 2.51. The Morgan fingerprint density at radius 3 is 2.08 bits per heavy atom. The van der Waals surface area contributed by atoms with Gasteiger partial charge in [-0.05, 0) is 17.2 Å². The molecule has 0 aliphatic heterocycles. The Balaban J connectivity index is 1.68. The van der Waals surface area contributed by atoms with Crippen molar-refractivity contribution in [2.75, 3.05) is 0 Å². The number of halogens is 1. The molecule has 0 unspecified atom stereocenters. The average Bonchev–Trinajstić information content (AvgIpc) is 2.94. The van der Waals surface area contributed by atoms with Gasteiger partial charge in [0.2, 0.25) is 0 Å². The van der Waals surface area contributed by atoms with Gasteiger partial charge in [-0.1, -0.05) is 78.3 Å². The van der Waals surface area contributed by atoms with Crippen LogP contribution in [-0.2, 0) is 10.4 Å². The van der Waals surface area contributed by atoms with Crippen molar-refractivity contribution in [3.8, 4) is 11.1 Å². The molecule has 1 aliphatic rings. The molecule has 3 aromatic rings. The first-order valence-corrected chi connectivity index (χ1v) is 8.50. The lowest BCUT2D eigenvalue weighted by atomic mass is 9.91. The Morgan fingerprint density at radius 1 is 0.923 bits per heavy atom. The quantitative estimate of drug-likeness (QED) is 0.551. The number of hydrogen-bond acceptors (Lipinski definition) is 3. The minimum absolute atomic E-state index is 0.528. The molecule has 5 heteroatoms. The van der Waals surface area contributed by atoms with Gasteiger partial charge in [-0.3, -0.25) is 4.79 Å². The van der Waals surface area contributed by atoms with Crippen LogP contribution in [0.15, 0.2) is 77.9 Å². The summed E-state index contributed by atoms with van der Waals surface area (Å²) in [6.45, 7) is 0. The highest BCUT2D eigenvalue weighted by molar-refractivity contribution is 6.33. The van der Waals surface area contributed by atoms with Crippen molar-refractivity contribution < 1.29 is 9.90 Å². The van der Waals surface area contributed by atoms with Crippen LogP contribution >= 0.6 is 11.6 Å². The predicted molar refractivity (Wildman–Crippen MR) is 102 cm³/mol. The van der Waals surface area contributed by atoms with E-state index in [0.29, 0.717) is 21.7 Å². The maximum atomic E-state index is 12.9. The zero-order chi connectivity index (χ0) is 18.1. The number of rotatable bonds is 3.